The van der Waals surface area contributed by atoms with Crippen molar-refractivity contribution in [2.75, 3.05) is 0 Å². The smallest absolute Gasteiger partial charge is 0.202 e. The van der Waals surface area contributed by atoms with E-state index in [0.29, 0.717) is 11.5 Å². The summed E-state index contributed by atoms with van der Waals surface area (Å²) in [7, 11) is 0. The molecule has 0 saturated heterocycles. The molecular weight excluding hydrogens is 228 g/mol. The van der Waals surface area contributed by atoms with Crippen molar-refractivity contribution >= 4 is 6.21 Å². The van der Waals surface area contributed by atoms with Crippen LogP contribution in [0, 0.1) is 5.21 Å². The van der Waals surface area contributed by atoms with Gasteiger partial charge in [-0.2, -0.15) is 0 Å². The van der Waals surface area contributed by atoms with E-state index in [1.165, 1.54) is 6.21 Å². The van der Waals surface area contributed by atoms with Crippen LogP contribution in [0.5, 0.6) is 0 Å². The lowest BCUT2D eigenvalue weighted by Gasteiger charge is -2.17. The molecule has 0 aliphatic heterocycles. The number of imidazole rings is 1. The van der Waals surface area contributed by atoms with Crippen LogP contribution in [0.4, 0.5) is 0 Å². The quantitative estimate of drug-likeness (QED) is 0.381. The average Bonchev–Trinajstić information content (AvgIpc) is 2.77. The highest BCUT2D eigenvalue weighted by atomic mass is 16.5. The molecular formula is C13H16N4O. The Morgan fingerprint density at radius 2 is 2.11 bits per heavy atom. The highest BCUT2D eigenvalue weighted by Crippen LogP contribution is 2.11. The van der Waals surface area contributed by atoms with Crippen molar-refractivity contribution in [3.05, 3.63) is 41.5 Å². The zero-order chi connectivity index (χ0) is 13.2. The summed E-state index contributed by atoms with van der Waals surface area (Å²) in [6, 6.07) is 5.60. The van der Waals surface area contributed by atoms with Gasteiger partial charge < -0.3 is 10.2 Å². The van der Waals surface area contributed by atoms with Crippen molar-refractivity contribution < 1.29 is 4.74 Å². The largest absolute Gasteiger partial charge is 0.623 e. The summed E-state index contributed by atoms with van der Waals surface area (Å²) in [5.74, 6) is 0.657. The van der Waals surface area contributed by atoms with E-state index >= 15 is 0 Å². The number of aromatic nitrogens is 3. The summed E-state index contributed by atoms with van der Waals surface area (Å²) in [5, 5.41) is 11.8. The summed E-state index contributed by atoms with van der Waals surface area (Å²) >= 11 is 0. The molecule has 0 amide bonds. The Morgan fingerprint density at radius 1 is 1.33 bits per heavy atom. The molecule has 0 fully saturated rings. The predicted octanol–water partition coefficient (Wildman–Crippen LogP) is 2.20. The molecule has 94 valence electrons. The molecule has 0 radical (unpaired) electrons. The molecule has 5 heteroatoms. The van der Waals surface area contributed by atoms with Crippen molar-refractivity contribution in [1.29, 1.82) is 0 Å². The fourth-order valence-corrected chi connectivity index (χ4v) is 1.35. The topological polar surface area (TPSA) is 67.6 Å². The molecule has 0 atom stereocenters. The number of nitrogens with zero attached hydrogens (tertiary/aromatic N) is 3. The molecule has 0 spiro atoms. The highest BCUT2D eigenvalue weighted by molar-refractivity contribution is 5.73. The van der Waals surface area contributed by atoms with E-state index in [2.05, 4.69) is 15.0 Å². The van der Waals surface area contributed by atoms with Crippen LogP contribution < -0.4 is 0 Å². The van der Waals surface area contributed by atoms with Gasteiger partial charge in [0.05, 0.1) is 0 Å². The minimum absolute atomic E-state index is 0.468. The first-order valence-corrected chi connectivity index (χ1v) is 5.75. The van der Waals surface area contributed by atoms with Gasteiger partial charge in [-0.05, 0) is 12.1 Å². The maximum Gasteiger partial charge on any atom is 0.202 e. The molecule has 0 aliphatic carbocycles. The standard InChI is InChI=1S/C13H16N4O/c1-13(2,3)17(18)9-10-8-15-12(16-10)11-6-4-5-7-14-11/h4-9H,1-3H3,(H,15,16)/b17-9-. The number of aromatic amines is 1. The zero-order valence-electron chi connectivity index (χ0n) is 10.7. The van der Waals surface area contributed by atoms with Gasteiger partial charge in [-0.25, -0.2) is 9.72 Å². The van der Waals surface area contributed by atoms with Crippen molar-refractivity contribution in [2.45, 2.75) is 26.3 Å². The lowest BCUT2D eigenvalue weighted by molar-refractivity contribution is -0.530. The number of rotatable bonds is 2. The van der Waals surface area contributed by atoms with Gasteiger partial charge in [0, 0.05) is 33.2 Å². The third-order valence-corrected chi connectivity index (χ3v) is 2.42. The van der Waals surface area contributed by atoms with Crippen LogP contribution in [0.1, 0.15) is 26.5 Å². The normalized spacial score (nSPS) is 12.7. The number of H-pyrrole nitrogens is 1. The van der Waals surface area contributed by atoms with E-state index in [9.17, 15) is 5.21 Å². The second kappa shape index (κ2) is 4.60. The van der Waals surface area contributed by atoms with Gasteiger partial charge in [-0.1, -0.05) is 6.07 Å². The summed E-state index contributed by atoms with van der Waals surface area (Å²) in [6.45, 7) is 5.55. The second-order valence-electron chi connectivity index (χ2n) is 5.01. The second-order valence-corrected chi connectivity index (χ2v) is 5.01. The van der Waals surface area contributed by atoms with E-state index in [4.69, 9.17) is 0 Å². The SMILES string of the molecule is CC(C)(C)/[N+]([O-])=C/c1c[nH]c(-c2ccccn2)n1. The first-order chi connectivity index (χ1) is 8.47. The fourth-order valence-electron chi connectivity index (χ4n) is 1.35. The van der Waals surface area contributed by atoms with Crippen LogP contribution in [0.25, 0.3) is 11.5 Å². The molecule has 5 nitrogen and oxygen atoms in total. The van der Waals surface area contributed by atoms with Crippen molar-refractivity contribution in [3.8, 4) is 11.5 Å². The van der Waals surface area contributed by atoms with Crippen molar-refractivity contribution in [1.82, 2.24) is 15.0 Å². The molecule has 0 bridgehead atoms. The summed E-state index contributed by atoms with van der Waals surface area (Å²) < 4.78 is 0.894. The minimum Gasteiger partial charge on any atom is -0.623 e. The third kappa shape index (κ3) is 2.74. The molecule has 1 N–H and O–H groups in total. The van der Waals surface area contributed by atoms with Crippen LogP contribution >= 0.6 is 0 Å². The Hall–Kier alpha value is -2.17. The van der Waals surface area contributed by atoms with Crippen LogP contribution in [0.15, 0.2) is 30.6 Å². The van der Waals surface area contributed by atoms with Crippen molar-refractivity contribution in [2.24, 2.45) is 0 Å². The molecule has 0 unspecified atom stereocenters. The number of hydroxylamine groups is 1. The third-order valence-electron chi connectivity index (χ3n) is 2.42. The van der Waals surface area contributed by atoms with Gasteiger partial charge in [0.1, 0.15) is 11.4 Å². The molecule has 2 heterocycles. The zero-order valence-corrected chi connectivity index (χ0v) is 10.7. The molecule has 0 aliphatic rings. The molecule has 18 heavy (non-hydrogen) atoms. The first-order valence-electron chi connectivity index (χ1n) is 5.75. The number of hydrogen-bond donors (Lipinski definition) is 1. The van der Waals surface area contributed by atoms with Gasteiger partial charge >= 0.3 is 0 Å². The van der Waals surface area contributed by atoms with Crippen LogP contribution in [0.3, 0.4) is 0 Å². The van der Waals surface area contributed by atoms with E-state index in [0.717, 1.165) is 10.4 Å². The summed E-state index contributed by atoms with van der Waals surface area (Å²) in [4.78, 5) is 11.5. The molecule has 2 aromatic heterocycles. The maximum absolute atomic E-state index is 11.8. The Morgan fingerprint density at radius 3 is 2.72 bits per heavy atom. The predicted molar refractivity (Wildman–Crippen MR) is 70.4 cm³/mol. The van der Waals surface area contributed by atoms with E-state index in [-0.39, 0.29) is 0 Å². The van der Waals surface area contributed by atoms with E-state index < -0.39 is 5.54 Å². The minimum atomic E-state index is -0.468. The Kier molecular flexibility index (Phi) is 3.14. The van der Waals surface area contributed by atoms with Gasteiger partial charge in [0.2, 0.25) is 6.21 Å². The van der Waals surface area contributed by atoms with Crippen molar-refractivity contribution in [3.63, 3.8) is 0 Å². The molecule has 2 aromatic rings. The number of pyridine rings is 1. The van der Waals surface area contributed by atoms with Gasteiger partial charge in [-0.15, -0.1) is 0 Å². The lowest BCUT2D eigenvalue weighted by Crippen LogP contribution is -2.29. The van der Waals surface area contributed by atoms with Crippen LogP contribution in [-0.2, 0) is 0 Å². The molecule has 0 saturated carbocycles. The molecule has 2 rings (SSSR count). The number of nitrogens with one attached hydrogen (secondary N) is 1. The van der Waals surface area contributed by atoms with E-state index in [1.54, 1.807) is 12.4 Å². The summed E-state index contributed by atoms with van der Waals surface area (Å²) in [5.41, 5.74) is 0.885. The monoisotopic (exact) mass is 244 g/mol. The van der Waals surface area contributed by atoms with Gasteiger partial charge in [0.15, 0.2) is 11.4 Å². The maximum atomic E-state index is 11.8. The van der Waals surface area contributed by atoms with Crippen LogP contribution in [0.2, 0.25) is 0 Å². The fraction of sp³-hybridized carbons (Fsp3) is 0.308. The first kappa shape index (κ1) is 12.3. The Balaban J connectivity index is 2.27. The highest BCUT2D eigenvalue weighted by Gasteiger charge is 2.18. The molecule has 0 aromatic carbocycles. The van der Waals surface area contributed by atoms with E-state index in [1.807, 2.05) is 39.0 Å². The lowest BCUT2D eigenvalue weighted by atomic mass is 10.1. The Labute approximate surface area is 106 Å². The van der Waals surface area contributed by atoms with Gasteiger partial charge in [0.25, 0.3) is 0 Å². The Bertz CT molecular complexity index is 552. The summed E-state index contributed by atoms with van der Waals surface area (Å²) in [6.07, 6.45) is 4.87. The number of hydrogen-bond acceptors (Lipinski definition) is 3. The van der Waals surface area contributed by atoms with Gasteiger partial charge in [-0.3, -0.25) is 4.98 Å². The average molecular weight is 244 g/mol. The van der Waals surface area contributed by atoms with Crippen LogP contribution in [-0.4, -0.2) is 31.4 Å².